The van der Waals surface area contributed by atoms with Gasteiger partial charge in [-0.25, -0.2) is 28.9 Å². The number of aromatic amines is 1. The normalized spacial score (nSPS) is 37.7. The predicted octanol–water partition coefficient (Wildman–Crippen LogP) is -0.906. The Labute approximate surface area is 249 Å². The highest BCUT2D eigenvalue weighted by Crippen LogP contribution is 2.54. The molecule has 3 saturated heterocycles. The van der Waals surface area contributed by atoms with E-state index in [0.29, 0.717) is 0 Å². The molecule has 242 valence electrons. The Kier molecular flexibility index (Phi) is 7.28. The molecule has 7 heterocycles. The second-order valence-electron chi connectivity index (χ2n) is 10.5. The maximum Gasteiger partial charge on any atom is 0.472 e. The molecule has 4 aromatic rings. The highest BCUT2D eigenvalue weighted by atomic mass is 31.2. The number of aliphatic hydroxyl groups excluding tert-OH is 1. The molecule has 0 aromatic carbocycles. The van der Waals surface area contributed by atoms with Crippen molar-refractivity contribution in [2.45, 2.75) is 55.6 Å². The van der Waals surface area contributed by atoms with Crippen molar-refractivity contribution in [2.75, 3.05) is 24.2 Å². The number of imidazole rings is 2. The molecule has 3 fully saturated rings. The molecule has 4 aromatic heterocycles. The zero-order valence-electron chi connectivity index (χ0n) is 22.6. The van der Waals surface area contributed by atoms with E-state index in [1.807, 2.05) is 0 Å². The van der Waals surface area contributed by atoms with Crippen molar-refractivity contribution in [3.63, 3.8) is 0 Å². The number of nitrogens with zero attached hydrogens (tertiary/aromatic N) is 7. The summed E-state index contributed by atoms with van der Waals surface area (Å²) < 4.78 is 72.0. The van der Waals surface area contributed by atoms with E-state index in [2.05, 4.69) is 29.9 Å². The minimum absolute atomic E-state index is 0.0488. The third-order valence-electron chi connectivity index (χ3n) is 7.60. The summed E-state index contributed by atoms with van der Waals surface area (Å²) in [7, 11) is -9.76. The van der Waals surface area contributed by atoms with Crippen LogP contribution in [0.3, 0.4) is 0 Å². The quantitative estimate of drug-likeness (QED) is 0.140. The summed E-state index contributed by atoms with van der Waals surface area (Å²) in [4.78, 5) is 56.0. The van der Waals surface area contributed by atoms with Crippen molar-refractivity contribution in [1.29, 1.82) is 0 Å². The third kappa shape index (κ3) is 5.31. The highest BCUT2D eigenvalue weighted by Gasteiger charge is 2.54. The zero-order valence-corrected chi connectivity index (χ0v) is 24.4. The fraction of sp³-hybridized carbons (Fsp3) is 0.524. The Bertz CT molecular complexity index is 1940. The number of H-pyrrole nitrogens is 1. The molecule has 0 amide bonds. The van der Waals surface area contributed by atoms with Gasteiger partial charge in [0.1, 0.15) is 36.3 Å². The van der Waals surface area contributed by atoms with Crippen molar-refractivity contribution in [3.8, 4) is 0 Å². The fourth-order valence-electron chi connectivity index (χ4n) is 5.55. The molecule has 45 heavy (non-hydrogen) atoms. The summed E-state index contributed by atoms with van der Waals surface area (Å²) in [5.41, 5.74) is 10.8. The molecule has 21 nitrogen and oxygen atoms in total. The largest absolute Gasteiger partial charge is 0.472 e. The minimum atomic E-state index is -5.06. The molecule has 10 atom stereocenters. The van der Waals surface area contributed by atoms with E-state index in [1.165, 1.54) is 10.9 Å². The first-order chi connectivity index (χ1) is 21.3. The molecule has 0 spiro atoms. The Morgan fingerprint density at radius 1 is 0.956 bits per heavy atom. The van der Waals surface area contributed by atoms with Gasteiger partial charge in [0.15, 0.2) is 41.3 Å². The Morgan fingerprint density at radius 2 is 1.67 bits per heavy atom. The van der Waals surface area contributed by atoms with Crippen molar-refractivity contribution in [3.05, 3.63) is 29.3 Å². The van der Waals surface area contributed by atoms with E-state index in [9.17, 15) is 28.8 Å². The van der Waals surface area contributed by atoms with Crippen molar-refractivity contribution >= 4 is 49.5 Å². The van der Waals surface area contributed by atoms with Crippen LogP contribution in [0, 0.1) is 0 Å². The SMILES string of the molecule is Nc1nc2c(ncn2C2OC3COP(=O)(O)OC4C(CCP(=O)(O)OC2C3F)OC(n2cnc3c(N)ncnc32)C4O)c(=O)[nH]1. The molecular weight excluding hydrogens is 649 g/mol. The van der Waals surface area contributed by atoms with Gasteiger partial charge in [0, 0.05) is 0 Å². The number of phosphoric ester groups is 1. The number of aromatic nitrogens is 8. The molecule has 24 heteroatoms. The number of hydrogen-bond acceptors (Lipinski definition) is 16. The lowest BCUT2D eigenvalue weighted by molar-refractivity contribution is -0.0528. The van der Waals surface area contributed by atoms with Gasteiger partial charge in [0.25, 0.3) is 5.56 Å². The van der Waals surface area contributed by atoms with Crippen LogP contribution in [0.1, 0.15) is 18.9 Å². The van der Waals surface area contributed by atoms with E-state index >= 15 is 4.39 Å². The van der Waals surface area contributed by atoms with Crippen molar-refractivity contribution in [2.24, 2.45) is 0 Å². The smallest absolute Gasteiger partial charge is 0.386 e. The van der Waals surface area contributed by atoms with Gasteiger partial charge >= 0.3 is 15.4 Å². The van der Waals surface area contributed by atoms with Gasteiger partial charge in [0.05, 0.1) is 31.5 Å². The van der Waals surface area contributed by atoms with E-state index in [4.69, 9.17) is 34.5 Å². The molecule has 0 radical (unpaired) electrons. The van der Waals surface area contributed by atoms with Crippen LogP contribution in [-0.2, 0) is 32.2 Å². The Balaban J connectivity index is 1.21. The summed E-state index contributed by atoms with van der Waals surface area (Å²) in [5, 5.41) is 11.2. The van der Waals surface area contributed by atoms with Crippen LogP contribution in [-0.4, -0.2) is 103 Å². The number of nitrogens with one attached hydrogen (secondary N) is 1. The number of rotatable bonds is 2. The number of fused-ring (bicyclic) bond motifs is 5. The molecule has 10 unspecified atom stereocenters. The molecule has 0 saturated carbocycles. The number of anilines is 2. The number of aliphatic hydroxyl groups is 1. The highest BCUT2D eigenvalue weighted by molar-refractivity contribution is 7.52. The summed E-state index contributed by atoms with van der Waals surface area (Å²) in [6.07, 6.45) is -10.6. The maximum absolute atomic E-state index is 15.8. The number of halogens is 1. The summed E-state index contributed by atoms with van der Waals surface area (Å²) in [5.74, 6) is -0.242. The molecule has 3 aliphatic rings. The van der Waals surface area contributed by atoms with Gasteiger partial charge in [-0.2, -0.15) is 4.98 Å². The first-order valence-corrected chi connectivity index (χ1v) is 16.5. The number of nitrogen functional groups attached to an aromatic ring is 2. The van der Waals surface area contributed by atoms with Crippen LogP contribution in [0.2, 0.25) is 0 Å². The standard InChI is InChI=1S/C21H25FN10O11P2/c22-9-8-3-39-45(37,38)43-13-7(40-19(12(13)33)31-5-27-10-15(23)25-4-26-16(10)31)1-2-44(35,36)42-14(9)20(41-8)32-6-28-11-17(32)29-21(24)30-18(11)34/h4-9,12-14,19-20,33H,1-3H2,(H,35,36)(H,37,38)(H2,23,25,26)(H3,24,29,30,34). The maximum atomic E-state index is 15.8. The van der Waals surface area contributed by atoms with E-state index in [1.54, 1.807) is 0 Å². The molecular formula is C21H25FN10O11P2. The average Bonchev–Trinajstić information content (AvgIpc) is 3.72. The van der Waals surface area contributed by atoms with E-state index in [-0.39, 0.29) is 40.5 Å². The van der Waals surface area contributed by atoms with Crippen LogP contribution in [0.15, 0.2) is 23.8 Å². The fourth-order valence-corrected chi connectivity index (χ4v) is 7.80. The van der Waals surface area contributed by atoms with Crippen LogP contribution in [0.4, 0.5) is 16.2 Å². The molecule has 2 bridgehead atoms. The lowest BCUT2D eigenvalue weighted by Crippen LogP contribution is -2.34. The zero-order chi connectivity index (χ0) is 31.8. The number of phosphoric acid groups is 1. The van der Waals surface area contributed by atoms with Crippen LogP contribution in [0.5, 0.6) is 0 Å². The lowest BCUT2D eigenvalue weighted by atomic mass is 10.1. The summed E-state index contributed by atoms with van der Waals surface area (Å²) >= 11 is 0. The number of hydrogen-bond donors (Lipinski definition) is 6. The van der Waals surface area contributed by atoms with Gasteiger partial charge in [0.2, 0.25) is 5.95 Å². The number of ether oxygens (including phenoxy) is 2. The van der Waals surface area contributed by atoms with Gasteiger partial charge in [-0.3, -0.25) is 37.0 Å². The van der Waals surface area contributed by atoms with Crippen molar-refractivity contribution in [1.82, 2.24) is 39.0 Å². The monoisotopic (exact) mass is 674 g/mol. The Morgan fingerprint density at radius 3 is 2.44 bits per heavy atom. The van der Waals surface area contributed by atoms with Crippen molar-refractivity contribution < 1.29 is 51.5 Å². The minimum Gasteiger partial charge on any atom is -0.386 e. The van der Waals surface area contributed by atoms with E-state index in [0.717, 1.165) is 17.2 Å². The van der Waals surface area contributed by atoms with Crippen LogP contribution < -0.4 is 17.0 Å². The molecule has 8 N–H and O–H groups in total. The predicted molar refractivity (Wildman–Crippen MR) is 146 cm³/mol. The second kappa shape index (κ2) is 10.8. The number of nitrogens with two attached hydrogens (primary N) is 2. The second-order valence-corrected chi connectivity index (χ2v) is 13.8. The lowest BCUT2D eigenvalue weighted by Gasteiger charge is -2.25. The molecule has 0 aliphatic carbocycles. The van der Waals surface area contributed by atoms with Gasteiger partial charge < -0.3 is 35.8 Å². The van der Waals surface area contributed by atoms with Crippen LogP contribution in [0.25, 0.3) is 22.3 Å². The first kappa shape index (κ1) is 30.2. The summed E-state index contributed by atoms with van der Waals surface area (Å²) in [6, 6.07) is 0. The number of alkyl halides is 1. The summed E-state index contributed by atoms with van der Waals surface area (Å²) in [6.45, 7) is -0.899. The topological polar surface area (TPSA) is 300 Å². The van der Waals surface area contributed by atoms with Gasteiger partial charge in [-0.1, -0.05) is 0 Å². The Hall–Kier alpha value is -3.43. The van der Waals surface area contributed by atoms with Crippen LogP contribution >= 0.6 is 15.4 Å². The molecule has 7 rings (SSSR count). The average molecular weight is 674 g/mol. The molecule has 3 aliphatic heterocycles. The first-order valence-electron chi connectivity index (χ1n) is 13.3. The van der Waals surface area contributed by atoms with Gasteiger partial charge in [-0.05, 0) is 6.42 Å². The van der Waals surface area contributed by atoms with E-state index < -0.39 is 82.9 Å². The third-order valence-corrected chi connectivity index (χ3v) is 9.98. The van der Waals surface area contributed by atoms with Gasteiger partial charge in [-0.15, -0.1) is 0 Å².